The molecule has 82 valence electrons. The van der Waals surface area contributed by atoms with Crippen molar-refractivity contribution in [1.82, 2.24) is 9.97 Å². The molecule has 0 radical (unpaired) electrons. The molecule has 2 N–H and O–H groups in total. The average molecular weight is 217 g/mol. The molecule has 0 spiro atoms. The molecule has 0 aliphatic rings. The van der Waals surface area contributed by atoms with Crippen LogP contribution in [-0.2, 0) is 11.2 Å². The summed E-state index contributed by atoms with van der Waals surface area (Å²) in [5.74, 6) is 0.100. The lowest BCUT2D eigenvalue weighted by molar-refractivity contribution is -0.117. The van der Waals surface area contributed by atoms with E-state index >= 15 is 0 Å². The Hall–Kier alpha value is -2.17. The standard InChI is InChI=1S/C11H11N3O2/c1-16-10-3-2-8-11(14-10)7(4-5-13-8)6-9(12)15/h2-5H,6H2,1H3,(H2,12,15). The van der Waals surface area contributed by atoms with Gasteiger partial charge in [-0.1, -0.05) is 0 Å². The SMILES string of the molecule is COc1ccc2nccc(CC(N)=O)c2n1. The summed E-state index contributed by atoms with van der Waals surface area (Å²) in [7, 11) is 1.54. The zero-order valence-corrected chi connectivity index (χ0v) is 8.80. The lowest BCUT2D eigenvalue weighted by Gasteiger charge is -2.04. The molecule has 0 unspecified atom stereocenters. The van der Waals surface area contributed by atoms with Gasteiger partial charge in [0.2, 0.25) is 11.8 Å². The predicted octanol–water partition coefficient (Wildman–Crippen LogP) is 0.666. The van der Waals surface area contributed by atoms with E-state index in [0.29, 0.717) is 11.4 Å². The molecule has 5 nitrogen and oxygen atoms in total. The van der Waals surface area contributed by atoms with Crippen LogP contribution in [-0.4, -0.2) is 23.0 Å². The Bertz CT molecular complexity index is 540. The summed E-state index contributed by atoms with van der Waals surface area (Å²) >= 11 is 0. The maximum atomic E-state index is 10.9. The van der Waals surface area contributed by atoms with Crippen LogP contribution in [0.4, 0.5) is 0 Å². The number of methoxy groups -OCH3 is 1. The van der Waals surface area contributed by atoms with Crippen molar-refractivity contribution in [1.29, 1.82) is 0 Å². The molecule has 2 aromatic rings. The Balaban J connectivity index is 2.59. The zero-order valence-electron chi connectivity index (χ0n) is 8.80. The van der Waals surface area contributed by atoms with Gasteiger partial charge in [0.05, 0.1) is 24.6 Å². The van der Waals surface area contributed by atoms with E-state index in [1.165, 1.54) is 7.11 Å². The molecule has 0 aliphatic heterocycles. The third kappa shape index (κ3) is 1.93. The fraction of sp³-hybridized carbons (Fsp3) is 0.182. The van der Waals surface area contributed by atoms with Gasteiger partial charge in [-0.25, -0.2) is 4.98 Å². The van der Waals surface area contributed by atoms with E-state index in [2.05, 4.69) is 9.97 Å². The topological polar surface area (TPSA) is 78.1 Å². The predicted molar refractivity (Wildman–Crippen MR) is 59.0 cm³/mol. The number of primary amides is 1. The van der Waals surface area contributed by atoms with Crippen LogP contribution < -0.4 is 10.5 Å². The number of rotatable bonds is 3. The summed E-state index contributed by atoms with van der Waals surface area (Å²) in [6, 6.07) is 5.26. The Kier molecular flexibility index (Phi) is 2.68. The van der Waals surface area contributed by atoms with Gasteiger partial charge >= 0.3 is 0 Å². The molecule has 0 fully saturated rings. The van der Waals surface area contributed by atoms with Crippen molar-refractivity contribution < 1.29 is 9.53 Å². The fourth-order valence-electron chi connectivity index (χ4n) is 1.50. The molecule has 5 heteroatoms. The van der Waals surface area contributed by atoms with Gasteiger partial charge in [0.25, 0.3) is 0 Å². The lowest BCUT2D eigenvalue weighted by atomic mass is 10.1. The number of pyridine rings is 2. The molecule has 2 aromatic heterocycles. The molecule has 0 bridgehead atoms. The van der Waals surface area contributed by atoms with Crippen molar-refractivity contribution in [3.05, 3.63) is 30.0 Å². The van der Waals surface area contributed by atoms with Gasteiger partial charge in [-0.05, 0) is 17.7 Å². The van der Waals surface area contributed by atoms with E-state index in [0.717, 1.165) is 11.1 Å². The van der Waals surface area contributed by atoms with Crippen LogP contribution in [0.25, 0.3) is 11.0 Å². The van der Waals surface area contributed by atoms with Gasteiger partial charge in [0.1, 0.15) is 0 Å². The van der Waals surface area contributed by atoms with Crippen molar-refractivity contribution in [3.8, 4) is 5.88 Å². The van der Waals surface area contributed by atoms with Crippen LogP contribution in [0.15, 0.2) is 24.4 Å². The molecular weight excluding hydrogens is 206 g/mol. The number of hydrogen-bond acceptors (Lipinski definition) is 4. The number of amides is 1. The Labute approximate surface area is 92.3 Å². The summed E-state index contributed by atoms with van der Waals surface area (Å²) in [6.07, 6.45) is 1.79. The molecule has 2 heterocycles. The second kappa shape index (κ2) is 4.14. The molecule has 0 saturated carbocycles. The fourth-order valence-corrected chi connectivity index (χ4v) is 1.50. The minimum Gasteiger partial charge on any atom is -0.481 e. The van der Waals surface area contributed by atoms with Crippen molar-refractivity contribution in [3.63, 3.8) is 0 Å². The van der Waals surface area contributed by atoms with Crippen LogP contribution >= 0.6 is 0 Å². The maximum Gasteiger partial charge on any atom is 0.221 e. The lowest BCUT2D eigenvalue weighted by Crippen LogP contribution is -2.14. The highest BCUT2D eigenvalue weighted by atomic mass is 16.5. The van der Waals surface area contributed by atoms with Crippen LogP contribution in [0.2, 0.25) is 0 Å². The second-order valence-electron chi connectivity index (χ2n) is 3.33. The first kappa shape index (κ1) is 10.4. The molecular formula is C11H11N3O2. The van der Waals surface area contributed by atoms with Crippen LogP contribution in [0, 0.1) is 0 Å². The van der Waals surface area contributed by atoms with E-state index in [-0.39, 0.29) is 6.42 Å². The summed E-state index contributed by atoms with van der Waals surface area (Å²) in [5, 5.41) is 0. The number of aromatic nitrogens is 2. The zero-order chi connectivity index (χ0) is 11.5. The highest BCUT2D eigenvalue weighted by Crippen LogP contribution is 2.18. The first-order chi connectivity index (χ1) is 7.70. The van der Waals surface area contributed by atoms with Crippen LogP contribution in [0.5, 0.6) is 5.88 Å². The number of fused-ring (bicyclic) bond motifs is 1. The normalized spacial score (nSPS) is 10.3. The molecule has 1 amide bonds. The van der Waals surface area contributed by atoms with E-state index in [1.54, 1.807) is 24.4 Å². The van der Waals surface area contributed by atoms with Crippen molar-refractivity contribution in [2.75, 3.05) is 7.11 Å². The Morgan fingerprint density at radius 3 is 2.94 bits per heavy atom. The number of carbonyl (C=O) groups is 1. The number of ether oxygens (including phenoxy) is 1. The molecule has 0 aromatic carbocycles. The summed E-state index contributed by atoms with van der Waals surface area (Å²) in [4.78, 5) is 19.3. The van der Waals surface area contributed by atoms with Gasteiger partial charge in [0, 0.05) is 12.3 Å². The monoisotopic (exact) mass is 217 g/mol. The summed E-state index contributed by atoms with van der Waals surface area (Å²) in [6.45, 7) is 0. The van der Waals surface area contributed by atoms with Gasteiger partial charge < -0.3 is 10.5 Å². The molecule has 2 rings (SSSR count). The largest absolute Gasteiger partial charge is 0.481 e. The number of nitrogens with two attached hydrogens (primary N) is 1. The van der Waals surface area contributed by atoms with E-state index in [4.69, 9.17) is 10.5 Å². The van der Waals surface area contributed by atoms with E-state index in [9.17, 15) is 4.79 Å². The van der Waals surface area contributed by atoms with Gasteiger partial charge in [-0.15, -0.1) is 0 Å². The van der Waals surface area contributed by atoms with Gasteiger partial charge in [-0.2, -0.15) is 0 Å². The average Bonchev–Trinajstić information content (AvgIpc) is 2.28. The third-order valence-electron chi connectivity index (χ3n) is 2.22. The van der Waals surface area contributed by atoms with E-state index < -0.39 is 5.91 Å². The van der Waals surface area contributed by atoms with Crippen molar-refractivity contribution in [2.45, 2.75) is 6.42 Å². The summed E-state index contributed by atoms with van der Waals surface area (Å²) in [5.41, 5.74) is 7.30. The minimum absolute atomic E-state index is 0.152. The van der Waals surface area contributed by atoms with Crippen molar-refractivity contribution >= 4 is 16.9 Å². The number of carbonyl (C=O) groups excluding carboxylic acids is 1. The molecule has 0 atom stereocenters. The van der Waals surface area contributed by atoms with Crippen LogP contribution in [0.3, 0.4) is 0 Å². The second-order valence-corrected chi connectivity index (χ2v) is 3.33. The van der Waals surface area contributed by atoms with E-state index in [1.807, 2.05) is 0 Å². The smallest absolute Gasteiger partial charge is 0.221 e. The number of hydrogen-bond donors (Lipinski definition) is 1. The third-order valence-corrected chi connectivity index (χ3v) is 2.22. The Morgan fingerprint density at radius 1 is 1.44 bits per heavy atom. The van der Waals surface area contributed by atoms with Gasteiger partial charge in [0.15, 0.2) is 0 Å². The highest BCUT2D eigenvalue weighted by Gasteiger charge is 2.07. The molecule has 16 heavy (non-hydrogen) atoms. The summed E-state index contributed by atoms with van der Waals surface area (Å²) < 4.78 is 5.03. The first-order valence-electron chi connectivity index (χ1n) is 4.77. The Morgan fingerprint density at radius 2 is 2.25 bits per heavy atom. The number of nitrogens with zero attached hydrogens (tertiary/aromatic N) is 2. The van der Waals surface area contributed by atoms with Crippen molar-refractivity contribution in [2.24, 2.45) is 5.73 Å². The molecule has 0 aliphatic carbocycles. The van der Waals surface area contributed by atoms with Crippen LogP contribution in [0.1, 0.15) is 5.56 Å². The maximum absolute atomic E-state index is 10.9. The first-order valence-corrected chi connectivity index (χ1v) is 4.77. The van der Waals surface area contributed by atoms with Gasteiger partial charge in [-0.3, -0.25) is 9.78 Å². The highest BCUT2D eigenvalue weighted by molar-refractivity contribution is 5.85. The quantitative estimate of drug-likeness (QED) is 0.819. The molecule has 0 saturated heterocycles. The minimum atomic E-state index is -0.392.